The summed E-state index contributed by atoms with van der Waals surface area (Å²) in [5.41, 5.74) is 7.14. The van der Waals surface area contributed by atoms with Crippen LogP contribution in [0.15, 0.2) is 48.8 Å². The molecular formula is C24H26N8. The van der Waals surface area contributed by atoms with Gasteiger partial charge in [0.25, 0.3) is 0 Å². The van der Waals surface area contributed by atoms with Crippen LogP contribution in [0.1, 0.15) is 5.69 Å². The molecule has 8 nitrogen and oxygen atoms in total. The van der Waals surface area contributed by atoms with Gasteiger partial charge in [0.1, 0.15) is 5.69 Å². The molecule has 2 bridgehead atoms. The van der Waals surface area contributed by atoms with E-state index >= 15 is 0 Å². The largest absolute Gasteiger partial charge is 0.382 e. The predicted molar refractivity (Wildman–Crippen MR) is 125 cm³/mol. The van der Waals surface area contributed by atoms with Gasteiger partial charge >= 0.3 is 0 Å². The Morgan fingerprint density at radius 1 is 1.03 bits per heavy atom. The first-order valence-electron chi connectivity index (χ1n) is 11.2. The van der Waals surface area contributed by atoms with Crippen LogP contribution in [0.5, 0.6) is 0 Å². The van der Waals surface area contributed by atoms with Crippen LogP contribution in [0.4, 0.5) is 5.69 Å². The molecule has 0 saturated carbocycles. The molecule has 4 aromatic heterocycles. The molecule has 0 spiro atoms. The van der Waals surface area contributed by atoms with Gasteiger partial charge in [-0.25, -0.2) is 4.98 Å². The van der Waals surface area contributed by atoms with Crippen molar-refractivity contribution in [1.82, 2.24) is 34.9 Å². The molecule has 3 aliphatic heterocycles. The van der Waals surface area contributed by atoms with Crippen molar-refractivity contribution in [1.29, 1.82) is 0 Å². The Morgan fingerprint density at radius 3 is 2.75 bits per heavy atom. The lowest BCUT2D eigenvalue weighted by molar-refractivity contribution is 0.0189. The van der Waals surface area contributed by atoms with Gasteiger partial charge in [-0.1, -0.05) is 6.07 Å². The van der Waals surface area contributed by atoms with Gasteiger partial charge in [-0.15, -0.1) is 0 Å². The molecule has 0 amide bonds. The average Bonchev–Trinajstić information content (AvgIpc) is 3.33. The van der Waals surface area contributed by atoms with Gasteiger partial charge in [0.2, 0.25) is 0 Å². The van der Waals surface area contributed by atoms with Crippen LogP contribution >= 0.6 is 0 Å². The van der Waals surface area contributed by atoms with E-state index in [-0.39, 0.29) is 0 Å². The number of rotatable bonds is 5. The Bertz CT molecular complexity index is 1260. The van der Waals surface area contributed by atoms with Crippen molar-refractivity contribution in [3.05, 3.63) is 54.5 Å². The summed E-state index contributed by atoms with van der Waals surface area (Å²) in [5.74, 6) is 0. The van der Waals surface area contributed by atoms with E-state index in [0.29, 0.717) is 6.04 Å². The van der Waals surface area contributed by atoms with Gasteiger partial charge in [0.15, 0.2) is 0 Å². The summed E-state index contributed by atoms with van der Waals surface area (Å²) in [6, 6.07) is 12.6. The van der Waals surface area contributed by atoms with E-state index in [1.807, 2.05) is 49.6 Å². The molecule has 4 aromatic rings. The molecule has 2 N–H and O–H groups in total. The van der Waals surface area contributed by atoms with Crippen LogP contribution in [-0.2, 0) is 0 Å². The lowest BCUT2D eigenvalue weighted by Gasteiger charge is -2.47. The fourth-order valence-corrected chi connectivity index (χ4v) is 4.76. The van der Waals surface area contributed by atoms with Crippen molar-refractivity contribution in [2.45, 2.75) is 13.0 Å². The highest BCUT2D eigenvalue weighted by Gasteiger charge is 2.31. The lowest BCUT2D eigenvalue weighted by Crippen LogP contribution is -2.62. The summed E-state index contributed by atoms with van der Waals surface area (Å²) in [4.78, 5) is 19.3. The van der Waals surface area contributed by atoms with Crippen molar-refractivity contribution < 1.29 is 0 Å². The second-order valence-corrected chi connectivity index (χ2v) is 8.64. The van der Waals surface area contributed by atoms with E-state index in [4.69, 9.17) is 4.98 Å². The van der Waals surface area contributed by atoms with Gasteiger partial charge in [-0.05, 0) is 37.3 Å². The fourth-order valence-electron chi connectivity index (χ4n) is 4.76. The standard InChI is InChI=1S/C24H26N8/c1-16-3-2-4-22(28-16)24-19(14-27-30-24)20-5-6-21-23(29-20)11-17(12-26-21)25-13-18-15-31-7-9-32(18)10-8-31/h2-6,11-12,14,18,25H,7-10,13,15H2,1H3,(H,27,30). The van der Waals surface area contributed by atoms with E-state index < -0.39 is 0 Å². The number of piperazine rings is 3. The fraction of sp³-hybridized carbons (Fsp3) is 0.333. The van der Waals surface area contributed by atoms with E-state index in [2.05, 4.69) is 41.3 Å². The lowest BCUT2D eigenvalue weighted by atomic mass is 10.1. The quantitative estimate of drug-likeness (QED) is 0.507. The van der Waals surface area contributed by atoms with Gasteiger partial charge in [0, 0.05) is 62.8 Å². The smallest absolute Gasteiger partial charge is 0.120 e. The highest BCUT2D eigenvalue weighted by Crippen LogP contribution is 2.29. The monoisotopic (exact) mass is 426 g/mol. The Balaban J connectivity index is 1.26. The van der Waals surface area contributed by atoms with Gasteiger partial charge in [0.05, 0.1) is 34.3 Å². The van der Waals surface area contributed by atoms with Gasteiger partial charge in [-0.3, -0.25) is 24.9 Å². The molecule has 0 aromatic carbocycles. The van der Waals surface area contributed by atoms with Crippen molar-refractivity contribution in [3.8, 4) is 22.6 Å². The van der Waals surface area contributed by atoms with E-state index in [1.165, 1.54) is 26.2 Å². The molecule has 3 aliphatic rings. The highest BCUT2D eigenvalue weighted by atomic mass is 15.3. The molecule has 1 atom stereocenters. The number of anilines is 1. The molecule has 7 heterocycles. The molecule has 3 fully saturated rings. The van der Waals surface area contributed by atoms with Crippen molar-refractivity contribution in [2.75, 3.05) is 44.6 Å². The molecule has 0 aliphatic carbocycles. The van der Waals surface area contributed by atoms with Crippen molar-refractivity contribution >= 4 is 16.7 Å². The number of aryl methyl sites for hydroxylation is 1. The summed E-state index contributed by atoms with van der Waals surface area (Å²) in [5, 5.41) is 11.0. The van der Waals surface area contributed by atoms with Crippen LogP contribution in [0.2, 0.25) is 0 Å². The number of pyridine rings is 3. The third-order valence-corrected chi connectivity index (χ3v) is 6.52. The van der Waals surface area contributed by atoms with E-state index in [1.54, 1.807) is 0 Å². The number of nitrogens with zero attached hydrogens (tertiary/aromatic N) is 6. The average molecular weight is 427 g/mol. The van der Waals surface area contributed by atoms with Crippen LogP contribution in [0.3, 0.4) is 0 Å². The second kappa shape index (κ2) is 7.96. The molecule has 8 heteroatoms. The molecule has 1 unspecified atom stereocenters. The number of fused-ring (bicyclic) bond motifs is 4. The molecule has 3 saturated heterocycles. The number of hydrogen-bond donors (Lipinski definition) is 2. The van der Waals surface area contributed by atoms with E-state index in [0.717, 1.165) is 58.1 Å². The minimum atomic E-state index is 0.558. The number of nitrogens with one attached hydrogen (secondary N) is 2. The van der Waals surface area contributed by atoms with Gasteiger partial charge < -0.3 is 5.32 Å². The molecule has 0 radical (unpaired) electrons. The summed E-state index contributed by atoms with van der Waals surface area (Å²) in [7, 11) is 0. The minimum absolute atomic E-state index is 0.558. The number of aromatic amines is 1. The topological polar surface area (TPSA) is 85.9 Å². The van der Waals surface area contributed by atoms with Gasteiger partial charge in [-0.2, -0.15) is 5.10 Å². The number of aromatic nitrogens is 5. The van der Waals surface area contributed by atoms with E-state index in [9.17, 15) is 0 Å². The van der Waals surface area contributed by atoms with Crippen LogP contribution in [0, 0.1) is 6.92 Å². The maximum Gasteiger partial charge on any atom is 0.120 e. The maximum absolute atomic E-state index is 4.91. The minimum Gasteiger partial charge on any atom is -0.382 e. The van der Waals surface area contributed by atoms with Crippen molar-refractivity contribution in [2.24, 2.45) is 0 Å². The Kier molecular flexibility index (Phi) is 4.81. The Morgan fingerprint density at radius 2 is 1.94 bits per heavy atom. The van der Waals surface area contributed by atoms with Crippen LogP contribution < -0.4 is 5.32 Å². The summed E-state index contributed by atoms with van der Waals surface area (Å²) in [6.07, 6.45) is 3.78. The summed E-state index contributed by atoms with van der Waals surface area (Å²) >= 11 is 0. The second-order valence-electron chi connectivity index (χ2n) is 8.64. The molecule has 162 valence electrons. The zero-order chi connectivity index (χ0) is 21.5. The zero-order valence-electron chi connectivity index (χ0n) is 18.1. The summed E-state index contributed by atoms with van der Waals surface area (Å²) in [6.45, 7) is 8.81. The highest BCUT2D eigenvalue weighted by molar-refractivity contribution is 5.83. The predicted octanol–water partition coefficient (Wildman–Crippen LogP) is 2.80. The Labute approximate surface area is 186 Å². The summed E-state index contributed by atoms with van der Waals surface area (Å²) < 4.78 is 0. The van der Waals surface area contributed by atoms with Crippen molar-refractivity contribution in [3.63, 3.8) is 0 Å². The third-order valence-electron chi connectivity index (χ3n) is 6.52. The van der Waals surface area contributed by atoms with Crippen LogP contribution in [-0.4, -0.2) is 80.3 Å². The normalized spacial score (nSPS) is 22.3. The SMILES string of the molecule is Cc1cccc(-c2n[nH]cc2-c2ccc3ncc(NCC4CN5CCN4CC5)cc3n2)n1. The number of hydrogen-bond acceptors (Lipinski definition) is 7. The first-order chi connectivity index (χ1) is 15.7. The zero-order valence-corrected chi connectivity index (χ0v) is 18.1. The molecule has 7 rings (SSSR count). The Hall–Kier alpha value is -3.36. The first-order valence-corrected chi connectivity index (χ1v) is 11.2. The third kappa shape index (κ3) is 3.61. The number of H-pyrrole nitrogens is 1. The molecule has 32 heavy (non-hydrogen) atoms. The first kappa shape index (κ1) is 19.3. The van der Waals surface area contributed by atoms with Crippen LogP contribution in [0.25, 0.3) is 33.7 Å². The maximum atomic E-state index is 4.91. The molecular weight excluding hydrogens is 400 g/mol.